The normalized spacial score (nSPS) is 20.0. The van der Waals surface area contributed by atoms with Gasteiger partial charge >= 0.3 is 5.97 Å². The highest BCUT2D eigenvalue weighted by Crippen LogP contribution is 2.28. The van der Waals surface area contributed by atoms with Crippen molar-refractivity contribution in [2.45, 2.75) is 64.8 Å². The Labute approximate surface area is 163 Å². The molecule has 1 amide bonds. The van der Waals surface area contributed by atoms with E-state index in [1.807, 2.05) is 23.1 Å². The molecule has 0 heterocycles. The van der Waals surface area contributed by atoms with Crippen LogP contribution < -0.4 is 0 Å². The summed E-state index contributed by atoms with van der Waals surface area (Å²) in [5.41, 5.74) is 2.30. The van der Waals surface area contributed by atoms with Gasteiger partial charge in [0.1, 0.15) is 0 Å². The van der Waals surface area contributed by atoms with Crippen molar-refractivity contribution in [2.75, 3.05) is 13.7 Å². The van der Waals surface area contributed by atoms with Crippen LogP contribution in [0.2, 0.25) is 0 Å². The van der Waals surface area contributed by atoms with Crippen LogP contribution in [0, 0.1) is 5.92 Å². The number of carbonyl (C=O) groups is 2. The highest BCUT2D eigenvalue weighted by molar-refractivity contribution is 5.92. The molecule has 2 atom stereocenters. The Morgan fingerprint density at radius 1 is 1.19 bits per heavy atom. The number of methoxy groups -OCH3 is 1. The molecular formula is C23H33NO3. The van der Waals surface area contributed by atoms with Crippen LogP contribution in [-0.2, 0) is 14.3 Å². The minimum atomic E-state index is -0.274. The molecule has 0 radical (unpaired) electrons. The van der Waals surface area contributed by atoms with Gasteiger partial charge in [-0.25, -0.2) is 0 Å². The fourth-order valence-electron chi connectivity index (χ4n) is 3.77. The Morgan fingerprint density at radius 3 is 2.44 bits per heavy atom. The maximum absolute atomic E-state index is 12.9. The molecule has 1 aromatic rings. The van der Waals surface area contributed by atoms with Crippen LogP contribution in [0.4, 0.5) is 0 Å². The molecule has 148 valence electrons. The third kappa shape index (κ3) is 6.23. The van der Waals surface area contributed by atoms with Crippen LogP contribution in [0.3, 0.4) is 0 Å². The summed E-state index contributed by atoms with van der Waals surface area (Å²) in [6, 6.07) is 8.49. The van der Waals surface area contributed by atoms with Gasteiger partial charge in [-0.15, -0.1) is 0 Å². The molecule has 27 heavy (non-hydrogen) atoms. The SMILES string of the molecule is COC(=O)CCN(C(=O)/C=C/c1ccc(C(C)C)cc1)C1CCCCC1C. The zero-order valence-corrected chi connectivity index (χ0v) is 17.1. The van der Waals surface area contributed by atoms with Crippen LogP contribution in [0.25, 0.3) is 6.08 Å². The Kier molecular flexibility index (Phi) is 8.08. The smallest absolute Gasteiger partial charge is 0.307 e. The quantitative estimate of drug-likeness (QED) is 0.511. The van der Waals surface area contributed by atoms with E-state index < -0.39 is 0 Å². The summed E-state index contributed by atoms with van der Waals surface area (Å²) in [4.78, 5) is 26.4. The summed E-state index contributed by atoms with van der Waals surface area (Å²) in [5.74, 6) is 0.653. The third-order valence-electron chi connectivity index (χ3n) is 5.56. The lowest BCUT2D eigenvalue weighted by atomic mass is 9.84. The van der Waals surface area contributed by atoms with Crippen LogP contribution in [-0.4, -0.2) is 36.5 Å². The van der Waals surface area contributed by atoms with E-state index >= 15 is 0 Å². The molecule has 1 aliphatic rings. The minimum Gasteiger partial charge on any atom is -0.469 e. The van der Waals surface area contributed by atoms with E-state index in [1.54, 1.807) is 6.08 Å². The number of esters is 1. The van der Waals surface area contributed by atoms with Gasteiger partial charge in [0, 0.05) is 18.7 Å². The molecule has 4 nitrogen and oxygen atoms in total. The standard InChI is InChI=1S/C23H33NO3/c1-17(2)20-12-9-19(10-13-20)11-14-22(25)24(16-15-23(26)27-4)21-8-6-5-7-18(21)3/h9-14,17-18,21H,5-8,15-16H2,1-4H3/b14-11+. The second-order valence-electron chi connectivity index (χ2n) is 7.84. The third-order valence-corrected chi connectivity index (χ3v) is 5.56. The summed E-state index contributed by atoms with van der Waals surface area (Å²) in [6.45, 7) is 6.95. The molecule has 0 bridgehead atoms. The number of benzene rings is 1. The molecule has 2 rings (SSSR count). The topological polar surface area (TPSA) is 46.6 Å². The van der Waals surface area contributed by atoms with Gasteiger partial charge < -0.3 is 9.64 Å². The molecule has 1 saturated carbocycles. The van der Waals surface area contributed by atoms with E-state index in [0.29, 0.717) is 18.4 Å². The molecule has 2 unspecified atom stereocenters. The van der Waals surface area contributed by atoms with E-state index in [2.05, 4.69) is 32.9 Å². The predicted octanol–water partition coefficient (Wildman–Crippen LogP) is 4.79. The molecule has 1 aromatic carbocycles. The van der Waals surface area contributed by atoms with Crippen molar-refractivity contribution in [1.82, 2.24) is 4.90 Å². The van der Waals surface area contributed by atoms with E-state index in [9.17, 15) is 9.59 Å². The molecule has 4 heteroatoms. The van der Waals surface area contributed by atoms with Crippen molar-refractivity contribution in [3.05, 3.63) is 41.5 Å². The van der Waals surface area contributed by atoms with E-state index in [-0.39, 0.29) is 24.3 Å². The lowest BCUT2D eigenvalue weighted by molar-refractivity contribution is -0.142. The molecule has 0 aliphatic heterocycles. The minimum absolute atomic E-state index is 0.0226. The van der Waals surface area contributed by atoms with Crippen LogP contribution in [0.5, 0.6) is 0 Å². The first-order chi connectivity index (χ1) is 12.9. The van der Waals surface area contributed by atoms with E-state index in [0.717, 1.165) is 24.8 Å². The van der Waals surface area contributed by atoms with Gasteiger partial charge in [-0.2, -0.15) is 0 Å². The number of ether oxygens (including phenoxy) is 1. The molecule has 0 saturated heterocycles. The summed E-state index contributed by atoms with van der Waals surface area (Å²) in [6.07, 6.45) is 8.24. The second-order valence-corrected chi connectivity index (χ2v) is 7.84. The lowest BCUT2D eigenvalue weighted by Gasteiger charge is -2.38. The number of hydrogen-bond donors (Lipinski definition) is 0. The summed E-state index contributed by atoms with van der Waals surface area (Å²) < 4.78 is 4.76. The van der Waals surface area contributed by atoms with Gasteiger partial charge in [0.2, 0.25) is 5.91 Å². The van der Waals surface area contributed by atoms with Crippen molar-refractivity contribution in [1.29, 1.82) is 0 Å². The number of amides is 1. The highest BCUT2D eigenvalue weighted by atomic mass is 16.5. The molecular weight excluding hydrogens is 338 g/mol. The molecule has 1 fully saturated rings. The van der Waals surface area contributed by atoms with Gasteiger partial charge in [0.05, 0.1) is 13.5 Å². The number of nitrogens with zero attached hydrogens (tertiary/aromatic N) is 1. The highest BCUT2D eigenvalue weighted by Gasteiger charge is 2.29. The van der Waals surface area contributed by atoms with Crippen LogP contribution in [0.15, 0.2) is 30.3 Å². The average Bonchev–Trinajstić information content (AvgIpc) is 2.67. The Bertz CT molecular complexity index is 648. The van der Waals surface area contributed by atoms with Gasteiger partial charge in [-0.1, -0.05) is 57.9 Å². The average molecular weight is 372 g/mol. The van der Waals surface area contributed by atoms with Gasteiger partial charge in [-0.3, -0.25) is 9.59 Å². The summed E-state index contributed by atoms with van der Waals surface area (Å²) >= 11 is 0. The van der Waals surface area contributed by atoms with Crippen LogP contribution >= 0.6 is 0 Å². The molecule has 1 aliphatic carbocycles. The summed E-state index contributed by atoms with van der Waals surface area (Å²) in [5, 5.41) is 0. The number of hydrogen-bond acceptors (Lipinski definition) is 3. The monoisotopic (exact) mass is 371 g/mol. The van der Waals surface area contributed by atoms with Gasteiger partial charge in [0.25, 0.3) is 0 Å². The number of carbonyl (C=O) groups excluding carboxylic acids is 2. The fourth-order valence-corrected chi connectivity index (χ4v) is 3.77. The maximum Gasteiger partial charge on any atom is 0.307 e. The van der Waals surface area contributed by atoms with E-state index in [4.69, 9.17) is 4.74 Å². The van der Waals surface area contributed by atoms with Crippen molar-refractivity contribution >= 4 is 18.0 Å². The van der Waals surface area contributed by atoms with Gasteiger partial charge in [0.15, 0.2) is 0 Å². The largest absolute Gasteiger partial charge is 0.469 e. The first-order valence-corrected chi connectivity index (χ1v) is 10.1. The fraction of sp³-hybridized carbons (Fsp3) is 0.565. The zero-order chi connectivity index (χ0) is 19.8. The van der Waals surface area contributed by atoms with Crippen molar-refractivity contribution in [3.63, 3.8) is 0 Å². The Balaban J connectivity index is 2.10. The van der Waals surface area contributed by atoms with Crippen molar-refractivity contribution in [3.8, 4) is 0 Å². The Morgan fingerprint density at radius 2 is 1.85 bits per heavy atom. The Hall–Kier alpha value is -2.10. The van der Waals surface area contributed by atoms with Gasteiger partial charge in [-0.05, 0) is 41.9 Å². The second kappa shape index (κ2) is 10.3. The molecule has 0 N–H and O–H groups in total. The van der Waals surface area contributed by atoms with E-state index in [1.165, 1.54) is 19.1 Å². The van der Waals surface area contributed by atoms with Crippen molar-refractivity contribution < 1.29 is 14.3 Å². The maximum atomic E-state index is 12.9. The number of rotatable bonds is 7. The first kappa shape index (κ1) is 21.2. The lowest BCUT2D eigenvalue weighted by Crippen LogP contribution is -2.45. The van der Waals surface area contributed by atoms with Crippen LogP contribution in [0.1, 0.15) is 69.9 Å². The molecule has 0 aromatic heterocycles. The first-order valence-electron chi connectivity index (χ1n) is 10.1. The van der Waals surface area contributed by atoms with Crippen molar-refractivity contribution in [2.24, 2.45) is 5.92 Å². The molecule has 0 spiro atoms. The predicted molar refractivity (Wildman–Crippen MR) is 109 cm³/mol. The summed E-state index contributed by atoms with van der Waals surface area (Å²) in [7, 11) is 1.39. The zero-order valence-electron chi connectivity index (χ0n) is 17.1.